The number of unbranched alkanes of at least 4 members (excludes halogenated alkanes) is 1. The number of benzene rings is 2. The molecular formula is C42H72N2O2. The van der Waals surface area contributed by atoms with Crippen LogP contribution in [0, 0.1) is 5.41 Å². The van der Waals surface area contributed by atoms with Crippen molar-refractivity contribution in [2.75, 3.05) is 33.4 Å². The van der Waals surface area contributed by atoms with Crippen molar-refractivity contribution in [1.82, 2.24) is 4.90 Å². The molecule has 46 heavy (non-hydrogen) atoms. The summed E-state index contributed by atoms with van der Waals surface area (Å²) in [5.41, 5.74) is 14.0. The Morgan fingerprint density at radius 3 is 1.63 bits per heavy atom. The number of rotatable bonds is 14. The highest BCUT2D eigenvalue weighted by Gasteiger charge is 2.28. The van der Waals surface area contributed by atoms with Gasteiger partial charge in [0.2, 0.25) is 0 Å². The minimum absolute atomic E-state index is 0.0137. The van der Waals surface area contributed by atoms with Crippen molar-refractivity contribution in [2.24, 2.45) is 11.1 Å². The third-order valence-electron chi connectivity index (χ3n) is 8.81. The Balaban J connectivity index is 2.73. The van der Waals surface area contributed by atoms with Gasteiger partial charge < -0.3 is 15.2 Å². The molecule has 0 unspecified atom stereocenters. The van der Waals surface area contributed by atoms with Crippen molar-refractivity contribution < 1.29 is 9.47 Å². The van der Waals surface area contributed by atoms with Crippen LogP contribution in [-0.4, -0.2) is 43.8 Å². The monoisotopic (exact) mass is 637 g/mol. The van der Waals surface area contributed by atoms with Crippen LogP contribution in [0.4, 0.5) is 0 Å². The van der Waals surface area contributed by atoms with E-state index in [0.29, 0.717) is 6.61 Å². The van der Waals surface area contributed by atoms with Crippen LogP contribution in [0.25, 0.3) is 0 Å². The van der Waals surface area contributed by atoms with Gasteiger partial charge in [-0.25, -0.2) is 0 Å². The first-order valence-electron chi connectivity index (χ1n) is 17.9. The quantitative estimate of drug-likeness (QED) is 0.224. The van der Waals surface area contributed by atoms with E-state index >= 15 is 0 Å². The van der Waals surface area contributed by atoms with E-state index in [9.17, 15) is 0 Å². The van der Waals surface area contributed by atoms with Crippen LogP contribution in [-0.2, 0) is 29.1 Å². The number of hydrogen-bond acceptors (Lipinski definition) is 4. The summed E-state index contributed by atoms with van der Waals surface area (Å²) in [5, 5.41) is 0. The molecule has 0 aliphatic rings. The minimum atomic E-state index is -0.173. The Kier molecular flexibility index (Phi) is 13.5. The molecule has 2 aromatic rings. The van der Waals surface area contributed by atoms with Gasteiger partial charge in [-0.15, -0.1) is 0 Å². The lowest BCUT2D eigenvalue weighted by molar-refractivity contribution is 0.192. The molecule has 2 aromatic carbocycles. The molecule has 0 radical (unpaired) electrons. The Morgan fingerprint density at radius 1 is 0.652 bits per heavy atom. The molecular weight excluding hydrogens is 564 g/mol. The molecule has 0 saturated carbocycles. The second kappa shape index (κ2) is 15.5. The Hall–Kier alpha value is -2.04. The number of nitrogens with zero attached hydrogens (tertiary/aromatic N) is 1. The van der Waals surface area contributed by atoms with E-state index in [0.717, 1.165) is 50.4 Å². The van der Waals surface area contributed by atoms with Crippen molar-refractivity contribution in [3.05, 3.63) is 57.6 Å². The molecule has 0 aromatic heterocycles. The van der Waals surface area contributed by atoms with Crippen LogP contribution in [0.3, 0.4) is 0 Å². The Bertz CT molecular complexity index is 1260. The van der Waals surface area contributed by atoms with E-state index < -0.39 is 0 Å². The molecule has 262 valence electrons. The molecule has 4 heteroatoms. The van der Waals surface area contributed by atoms with Gasteiger partial charge in [-0.3, -0.25) is 4.90 Å². The molecule has 4 nitrogen and oxygen atoms in total. The van der Waals surface area contributed by atoms with E-state index in [-0.39, 0.29) is 27.2 Å². The largest absolute Gasteiger partial charge is 0.496 e. The summed E-state index contributed by atoms with van der Waals surface area (Å²) in [6, 6.07) is 9.57. The van der Waals surface area contributed by atoms with Crippen molar-refractivity contribution in [3.63, 3.8) is 0 Å². The van der Waals surface area contributed by atoms with Crippen LogP contribution in [0.15, 0.2) is 24.3 Å². The van der Waals surface area contributed by atoms with Gasteiger partial charge in [0.1, 0.15) is 18.1 Å². The van der Waals surface area contributed by atoms with E-state index in [1.165, 1.54) is 46.2 Å². The lowest BCUT2D eigenvalue weighted by atomic mass is 9.77. The summed E-state index contributed by atoms with van der Waals surface area (Å²) in [6.45, 7) is 37.8. The van der Waals surface area contributed by atoms with Crippen LogP contribution >= 0.6 is 0 Å². The van der Waals surface area contributed by atoms with Gasteiger partial charge in [-0.1, -0.05) is 121 Å². The zero-order chi connectivity index (χ0) is 35.3. The Labute approximate surface area is 285 Å². The maximum Gasteiger partial charge on any atom is 0.126 e. The first-order chi connectivity index (χ1) is 20.9. The molecule has 2 rings (SSSR count). The van der Waals surface area contributed by atoms with Gasteiger partial charge in [-0.05, 0) is 95.7 Å². The zero-order valence-corrected chi connectivity index (χ0v) is 33.0. The average Bonchev–Trinajstić information content (AvgIpc) is 2.87. The highest BCUT2D eigenvalue weighted by atomic mass is 16.5. The van der Waals surface area contributed by atoms with Crippen LogP contribution in [0.2, 0.25) is 0 Å². The normalized spacial score (nSPS) is 13.4. The Morgan fingerprint density at radius 2 is 1.17 bits per heavy atom. The summed E-state index contributed by atoms with van der Waals surface area (Å²) < 4.78 is 13.2. The maximum atomic E-state index is 6.95. The predicted octanol–water partition coefficient (Wildman–Crippen LogP) is 10.4. The smallest absolute Gasteiger partial charge is 0.126 e. The van der Waals surface area contributed by atoms with Crippen molar-refractivity contribution in [3.8, 4) is 11.5 Å². The maximum absolute atomic E-state index is 6.95. The lowest BCUT2D eigenvalue weighted by Crippen LogP contribution is -2.39. The second-order valence-corrected chi connectivity index (χ2v) is 18.8. The molecule has 2 N–H and O–H groups in total. The summed E-state index contributed by atoms with van der Waals surface area (Å²) in [5.74, 6) is 2.05. The first kappa shape index (κ1) is 40.1. The number of nitrogens with two attached hydrogens (primary N) is 1. The highest BCUT2D eigenvalue weighted by Crippen LogP contribution is 2.42. The molecule has 0 aliphatic carbocycles. The molecule has 0 atom stereocenters. The number of ether oxygens (including phenoxy) is 2. The number of methoxy groups -OCH3 is 1. The molecule has 0 amide bonds. The summed E-state index contributed by atoms with van der Waals surface area (Å²) in [6.07, 6.45) is 5.05. The topological polar surface area (TPSA) is 47.7 Å². The van der Waals surface area contributed by atoms with Gasteiger partial charge in [0, 0.05) is 24.1 Å². The van der Waals surface area contributed by atoms with Crippen LogP contribution in [0.5, 0.6) is 11.5 Å². The SMILES string of the molecule is CCCCN(CCOc1c(Cc2cc(C(C)(C)C)cc(C(C)(C)C)c2OC)cc(C(C)(C)C)cc1CC(C)(C)C)CCC(C)(C)N. The molecule has 0 spiro atoms. The molecule has 0 aliphatic heterocycles. The summed E-state index contributed by atoms with van der Waals surface area (Å²) in [4.78, 5) is 2.54. The second-order valence-electron chi connectivity index (χ2n) is 18.8. The van der Waals surface area contributed by atoms with E-state index in [2.05, 4.69) is 133 Å². The fourth-order valence-corrected chi connectivity index (χ4v) is 5.90. The standard InChI is InChI=1S/C42H72N2O2/c1-17-18-20-44(21-19-42(14,15)43)22-23-46-36-30(25-33(39(5,6)7)27-32(36)29-38(2,3)4)24-31-26-34(40(8,9)10)28-35(37(31)45-16)41(11,12)13/h25-28H,17-24,29,43H2,1-16H3. The minimum Gasteiger partial charge on any atom is -0.496 e. The molecule has 0 fully saturated rings. The average molecular weight is 637 g/mol. The van der Waals surface area contributed by atoms with E-state index in [1.807, 2.05) is 7.11 Å². The van der Waals surface area contributed by atoms with E-state index in [1.54, 1.807) is 0 Å². The number of hydrogen-bond donors (Lipinski definition) is 1. The molecule has 0 saturated heterocycles. The van der Waals surface area contributed by atoms with Crippen LogP contribution in [0.1, 0.15) is 156 Å². The molecule has 0 bridgehead atoms. The van der Waals surface area contributed by atoms with Crippen molar-refractivity contribution in [1.29, 1.82) is 0 Å². The fourth-order valence-electron chi connectivity index (χ4n) is 5.90. The van der Waals surface area contributed by atoms with Crippen molar-refractivity contribution in [2.45, 2.75) is 158 Å². The molecule has 0 heterocycles. The first-order valence-corrected chi connectivity index (χ1v) is 17.9. The third kappa shape index (κ3) is 12.5. The van der Waals surface area contributed by atoms with Crippen molar-refractivity contribution >= 4 is 0 Å². The van der Waals surface area contributed by atoms with Gasteiger partial charge in [0.25, 0.3) is 0 Å². The predicted molar refractivity (Wildman–Crippen MR) is 201 cm³/mol. The van der Waals surface area contributed by atoms with Gasteiger partial charge in [0.05, 0.1) is 7.11 Å². The zero-order valence-electron chi connectivity index (χ0n) is 33.0. The third-order valence-corrected chi connectivity index (χ3v) is 8.81. The van der Waals surface area contributed by atoms with E-state index in [4.69, 9.17) is 15.2 Å². The van der Waals surface area contributed by atoms with Gasteiger partial charge in [-0.2, -0.15) is 0 Å². The highest BCUT2D eigenvalue weighted by molar-refractivity contribution is 5.55. The van der Waals surface area contributed by atoms with Gasteiger partial charge in [0.15, 0.2) is 0 Å². The summed E-state index contributed by atoms with van der Waals surface area (Å²) in [7, 11) is 1.83. The fraction of sp³-hybridized carbons (Fsp3) is 0.714. The summed E-state index contributed by atoms with van der Waals surface area (Å²) >= 11 is 0. The van der Waals surface area contributed by atoms with Crippen LogP contribution < -0.4 is 15.2 Å². The lowest BCUT2D eigenvalue weighted by Gasteiger charge is -2.30. The van der Waals surface area contributed by atoms with Gasteiger partial charge >= 0.3 is 0 Å².